The summed E-state index contributed by atoms with van der Waals surface area (Å²) in [7, 11) is -3.48. The molecule has 0 aliphatic carbocycles. The van der Waals surface area contributed by atoms with Gasteiger partial charge < -0.3 is 14.3 Å². The monoisotopic (exact) mass is 432 g/mol. The average Bonchev–Trinajstić information content (AvgIpc) is 2.62. The third-order valence-electron chi connectivity index (χ3n) is 2.77. The largest absolute Gasteiger partial charge is 1.00 e. The maximum Gasteiger partial charge on any atom is 1.00 e. The number of hydrogen-bond acceptors (Lipinski definition) is 3. The number of benzene rings is 2. The van der Waals surface area contributed by atoms with E-state index in [0.29, 0.717) is 0 Å². The van der Waals surface area contributed by atoms with Crippen LogP contribution in [0.5, 0.6) is 11.5 Å². The maximum absolute atomic E-state index is 13.3. The number of rotatable bonds is 4. The molecular weight excluding hydrogens is 432 g/mol. The van der Waals surface area contributed by atoms with Crippen molar-refractivity contribution in [1.82, 2.24) is 0 Å². The Morgan fingerprint density at radius 1 is 0.444 bits per heavy atom. The molecule has 2 rings (SSSR count). The first-order valence-electron chi connectivity index (χ1n) is 6.01. The molecule has 3 nitrogen and oxygen atoms in total. The zero-order valence-corrected chi connectivity index (χ0v) is 15.7. The average molecular weight is 432 g/mol. The first-order valence-corrected chi connectivity index (χ1v) is 6.01. The molecular formula is C12BF10KO3. The summed E-state index contributed by atoms with van der Waals surface area (Å²) in [6.45, 7) is 0. The Hall–Kier alpha value is -0.999. The van der Waals surface area contributed by atoms with E-state index in [1.54, 1.807) is 0 Å². The predicted molar refractivity (Wildman–Crippen MR) is 59.5 cm³/mol. The van der Waals surface area contributed by atoms with E-state index in [1.165, 1.54) is 0 Å². The van der Waals surface area contributed by atoms with E-state index in [9.17, 15) is 48.9 Å². The molecule has 0 aliphatic rings. The van der Waals surface area contributed by atoms with Gasteiger partial charge in [0.25, 0.3) is 0 Å². The predicted octanol–water partition coefficient (Wildman–Crippen LogP) is -0.115. The Balaban J connectivity index is 0.00000364. The van der Waals surface area contributed by atoms with Crippen LogP contribution in [-0.2, 0) is 0 Å². The second-order valence-corrected chi connectivity index (χ2v) is 4.32. The van der Waals surface area contributed by atoms with E-state index in [2.05, 4.69) is 9.31 Å². The molecule has 0 atom stereocenters. The summed E-state index contributed by atoms with van der Waals surface area (Å²) in [6.07, 6.45) is 0. The summed E-state index contributed by atoms with van der Waals surface area (Å²) < 4.78 is 138. The fraction of sp³-hybridized carbons (Fsp3) is 0. The van der Waals surface area contributed by atoms with E-state index in [4.69, 9.17) is 0 Å². The molecule has 0 amide bonds. The van der Waals surface area contributed by atoms with Crippen LogP contribution >= 0.6 is 0 Å². The van der Waals surface area contributed by atoms with Crippen LogP contribution in [0, 0.1) is 58.2 Å². The van der Waals surface area contributed by atoms with Gasteiger partial charge in [0.1, 0.15) is 0 Å². The first-order chi connectivity index (χ1) is 12.0. The van der Waals surface area contributed by atoms with Crippen LogP contribution in [0.15, 0.2) is 0 Å². The topological polar surface area (TPSA) is 41.5 Å². The van der Waals surface area contributed by atoms with E-state index >= 15 is 0 Å². The normalized spacial score (nSPS) is 10.5. The van der Waals surface area contributed by atoms with Crippen molar-refractivity contribution in [1.29, 1.82) is 0 Å². The van der Waals surface area contributed by atoms with Gasteiger partial charge in [-0.1, -0.05) is 0 Å². The Morgan fingerprint density at radius 2 is 0.630 bits per heavy atom. The molecule has 140 valence electrons. The van der Waals surface area contributed by atoms with Gasteiger partial charge in [-0.25, -0.2) is 26.3 Å². The van der Waals surface area contributed by atoms with Gasteiger partial charge in [-0.05, 0) is 0 Å². The molecule has 0 bridgehead atoms. The molecule has 0 N–H and O–H groups in total. The first kappa shape index (κ1) is 24.0. The SMILES string of the molecule is [K+].[O-]B(Oc1c(F)c(F)c(F)c(F)c1F)Oc1c(F)c(F)c(F)c(F)c1F. The van der Waals surface area contributed by atoms with Crippen molar-refractivity contribution in [3.05, 3.63) is 58.2 Å². The Bertz CT molecular complexity index is 767. The standard InChI is InChI=1S/C12BF10O3.K/c14-1-3(16)7(20)11(8(21)4(1)17)25-13(24)26-12-9(22)5(18)2(15)6(19)10(12)23;/q-1;+1. The van der Waals surface area contributed by atoms with Crippen LogP contribution in [0.4, 0.5) is 43.9 Å². The molecule has 2 aromatic rings. The molecule has 0 fully saturated rings. The van der Waals surface area contributed by atoms with Crippen molar-refractivity contribution < 1.29 is 110 Å². The number of hydrogen-bond donors (Lipinski definition) is 0. The molecule has 0 aliphatic heterocycles. The molecule has 0 radical (unpaired) electrons. The van der Waals surface area contributed by atoms with Crippen molar-refractivity contribution in [2.75, 3.05) is 0 Å². The van der Waals surface area contributed by atoms with Crippen molar-refractivity contribution in [3.8, 4) is 11.5 Å². The molecule has 0 aromatic heterocycles. The van der Waals surface area contributed by atoms with Gasteiger partial charge in [0.2, 0.25) is 58.2 Å². The van der Waals surface area contributed by atoms with E-state index in [-0.39, 0.29) is 51.4 Å². The van der Waals surface area contributed by atoms with Crippen LogP contribution in [0.1, 0.15) is 0 Å². The van der Waals surface area contributed by atoms with Crippen LogP contribution in [-0.4, -0.2) is 7.32 Å². The minimum absolute atomic E-state index is 0. The fourth-order valence-corrected chi connectivity index (χ4v) is 1.59. The second-order valence-electron chi connectivity index (χ2n) is 4.32. The van der Waals surface area contributed by atoms with Gasteiger partial charge in [0.05, 0.1) is 0 Å². The summed E-state index contributed by atoms with van der Waals surface area (Å²) in [5.74, 6) is -30.2. The minimum atomic E-state index is -3.48. The second kappa shape index (κ2) is 9.00. The van der Waals surface area contributed by atoms with E-state index in [0.717, 1.165) is 0 Å². The van der Waals surface area contributed by atoms with E-state index in [1.807, 2.05) is 0 Å². The summed E-state index contributed by atoms with van der Waals surface area (Å²) in [5, 5.41) is 11.3. The molecule has 0 unspecified atom stereocenters. The zero-order chi connectivity index (χ0) is 19.9. The summed E-state index contributed by atoms with van der Waals surface area (Å²) in [5.41, 5.74) is 0. The molecule has 0 saturated carbocycles. The van der Waals surface area contributed by atoms with Gasteiger partial charge in [0, 0.05) is 0 Å². The molecule has 0 saturated heterocycles. The summed E-state index contributed by atoms with van der Waals surface area (Å²) in [6, 6.07) is 0. The minimum Gasteiger partial charge on any atom is -0.808 e. The Kier molecular flexibility index (Phi) is 8.01. The van der Waals surface area contributed by atoms with Crippen LogP contribution in [0.2, 0.25) is 0 Å². The van der Waals surface area contributed by atoms with Crippen LogP contribution in [0.3, 0.4) is 0 Å². The third-order valence-corrected chi connectivity index (χ3v) is 2.77. The molecule has 27 heavy (non-hydrogen) atoms. The summed E-state index contributed by atoms with van der Waals surface area (Å²) >= 11 is 0. The quantitative estimate of drug-likeness (QED) is 0.293. The van der Waals surface area contributed by atoms with E-state index < -0.39 is 77.0 Å². The van der Waals surface area contributed by atoms with Crippen molar-refractivity contribution >= 4 is 7.32 Å². The fourth-order valence-electron chi connectivity index (χ4n) is 1.59. The van der Waals surface area contributed by atoms with Crippen LogP contribution in [0.25, 0.3) is 0 Å². The molecule has 0 spiro atoms. The van der Waals surface area contributed by atoms with Gasteiger partial charge in [-0.3, -0.25) is 0 Å². The van der Waals surface area contributed by atoms with Gasteiger partial charge in [0.15, 0.2) is 11.5 Å². The molecule has 2 aromatic carbocycles. The Morgan fingerprint density at radius 3 is 0.852 bits per heavy atom. The van der Waals surface area contributed by atoms with Crippen molar-refractivity contribution in [2.24, 2.45) is 0 Å². The van der Waals surface area contributed by atoms with Crippen molar-refractivity contribution in [2.45, 2.75) is 0 Å². The van der Waals surface area contributed by atoms with Gasteiger partial charge >= 0.3 is 58.7 Å². The smallest absolute Gasteiger partial charge is 0.808 e. The summed E-state index contributed by atoms with van der Waals surface area (Å²) in [4.78, 5) is 0. The maximum atomic E-state index is 13.3. The van der Waals surface area contributed by atoms with Gasteiger partial charge in [-0.15, -0.1) is 0 Å². The molecule has 15 heteroatoms. The van der Waals surface area contributed by atoms with Crippen molar-refractivity contribution in [3.63, 3.8) is 0 Å². The molecule has 0 heterocycles. The third kappa shape index (κ3) is 4.37. The number of halogens is 10. The van der Waals surface area contributed by atoms with Gasteiger partial charge in [-0.2, -0.15) is 17.6 Å². The Labute approximate surface area is 185 Å². The zero-order valence-electron chi connectivity index (χ0n) is 12.6. The van der Waals surface area contributed by atoms with Crippen LogP contribution < -0.4 is 65.7 Å².